The Bertz CT molecular complexity index is 946. The van der Waals surface area contributed by atoms with Crippen LogP contribution in [-0.2, 0) is 11.3 Å². The third-order valence-corrected chi connectivity index (χ3v) is 3.70. The van der Waals surface area contributed by atoms with Gasteiger partial charge in [-0.05, 0) is 43.7 Å². The summed E-state index contributed by atoms with van der Waals surface area (Å²) in [5.41, 5.74) is 2.75. The Kier molecular flexibility index (Phi) is 4.74. The quantitative estimate of drug-likeness (QED) is 0.721. The molecule has 0 radical (unpaired) electrons. The van der Waals surface area contributed by atoms with Crippen LogP contribution in [0, 0.1) is 13.8 Å². The van der Waals surface area contributed by atoms with Gasteiger partial charge in [0.25, 0.3) is 5.78 Å². The summed E-state index contributed by atoms with van der Waals surface area (Å²) in [4.78, 5) is 16.4. The van der Waals surface area contributed by atoms with Crippen LogP contribution >= 0.6 is 0 Å². The van der Waals surface area contributed by atoms with Crippen molar-refractivity contribution in [2.45, 2.75) is 20.4 Å². The van der Waals surface area contributed by atoms with Crippen molar-refractivity contribution in [1.29, 1.82) is 0 Å². The highest BCUT2D eigenvalue weighted by atomic mass is 16.5. The van der Waals surface area contributed by atoms with Gasteiger partial charge >= 0.3 is 0 Å². The van der Waals surface area contributed by atoms with Gasteiger partial charge in [0.2, 0.25) is 5.91 Å². The standard InChI is InChI=1S/C18H19N5O2/c1-12-9-13(2)23-16(21-22-18(23)20-12)11-19-17(24)8-7-14-5-4-6-15(10-14)25-3/h4-10H,11H2,1-3H3,(H,19,24)/b8-7+. The average molecular weight is 337 g/mol. The third kappa shape index (κ3) is 3.82. The van der Waals surface area contributed by atoms with Gasteiger partial charge in [0, 0.05) is 17.5 Å². The van der Waals surface area contributed by atoms with Crippen molar-refractivity contribution in [3.63, 3.8) is 0 Å². The van der Waals surface area contributed by atoms with Crippen LogP contribution in [0.3, 0.4) is 0 Å². The molecule has 0 saturated heterocycles. The predicted octanol–water partition coefficient (Wildman–Crippen LogP) is 2.08. The molecule has 7 nitrogen and oxygen atoms in total. The van der Waals surface area contributed by atoms with Gasteiger partial charge in [0.15, 0.2) is 5.82 Å². The highest BCUT2D eigenvalue weighted by Gasteiger charge is 2.10. The fourth-order valence-electron chi connectivity index (χ4n) is 2.55. The molecule has 0 bridgehead atoms. The Morgan fingerprint density at radius 3 is 2.92 bits per heavy atom. The van der Waals surface area contributed by atoms with Crippen molar-refractivity contribution >= 4 is 17.8 Å². The first-order valence-corrected chi connectivity index (χ1v) is 7.85. The fraction of sp³-hybridized carbons (Fsp3) is 0.222. The number of ether oxygens (including phenoxy) is 1. The monoisotopic (exact) mass is 337 g/mol. The minimum Gasteiger partial charge on any atom is -0.497 e. The fourth-order valence-corrected chi connectivity index (χ4v) is 2.55. The smallest absolute Gasteiger partial charge is 0.255 e. The molecular formula is C18H19N5O2. The summed E-state index contributed by atoms with van der Waals surface area (Å²) >= 11 is 0. The number of amides is 1. The van der Waals surface area contributed by atoms with Crippen LogP contribution in [0.15, 0.2) is 36.4 Å². The average Bonchev–Trinajstić information content (AvgIpc) is 3.01. The highest BCUT2D eigenvalue weighted by molar-refractivity contribution is 5.91. The van der Waals surface area contributed by atoms with Crippen molar-refractivity contribution in [3.05, 3.63) is 59.2 Å². The Morgan fingerprint density at radius 1 is 1.28 bits per heavy atom. The van der Waals surface area contributed by atoms with E-state index < -0.39 is 0 Å². The number of hydrogen-bond donors (Lipinski definition) is 1. The summed E-state index contributed by atoms with van der Waals surface area (Å²) in [5.74, 6) is 1.71. The minimum absolute atomic E-state index is 0.211. The summed E-state index contributed by atoms with van der Waals surface area (Å²) in [6.07, 6.45) is 3.21. The molecule has 0 aliphatic heterocycles. The maximum atomic E-state index is 12.0. The number of aromatic nitrogens is 4. The molecule has 2 aromatic heterocycles. The van der Waals surface area contributed by atoms with Crippen LogP contribution < -0.4 is 10.1 Å². The van der Waals surface area contributed by atoms with Gasteiger partial charge in [0.1, 0.15) is 5.75 Å². The van der Waals surface area contributed by atoms with E-state index in [4.69, 9.17) is 4.74 Å². The molecule has 0 aliphatic rings. The molecule has 7 heteroatoms. The number of nitrogens with zero attached hydrogens (tertiary/aromatic N) is 4. The molecule has 0 aliphatic carbocycles. The Balaban J connectivity index is 1.67. The lowest BCUT2D eigenvalue weighted by atomic mass is 10.2. The van der Waals surface area contributed by atoms with Gasteiger partial charge < -0.3 is 10.1 Å². The molecule has 1 aromatic carbocycles. The highest BCUT2D eigenvalue weighted by Crippen LogP contribution is 2.13. The second-order valence-corrected chi connectivity index (χ2v) is 5.62. The maximum absolute atomic E-state index is 12.0. The van der Waals surface area contributed by atoms with Gasteiger partial charge in [0.05, 0.1) is 13.7 Å². The molecule has 3 aromatic rings. The second-order valence-electron chi connectivity index (χ2n) is 5.62. The molecule has 0 spiro atoms. The Labute approximate surface area is 145 Å². The Hall–Kier alpha value is -3.22. The first-order valence-electron chi connectivity index (χ1n) is 7.85. The lowest BCUT2D eigenvalue weighted by Gasteiger charge is -2.05. The molecule has 1 N–H and O–H groups in total. The van der Waals surface area contributed by atoms with Crippen LogP contribution in [0.4, 0.5) is 0 Å². The van der Waals surface area contributed by atoms with E-state index >= 15 is 0 Å². The van der Waals surface area contributed by atoms with Gasteiger partial charge in [-0.25, -0.2) is 4.98 Å². The summed E-state index contributed by atoms with van der Waals surface area (Å²) in [6, 6.07) is 9.43. The van der Waals surface area contributed by atoms with Crippen LogP contribution in [0.5, 0.6) is 5.75 Å². The van der Waals surface area contributed by atoms with E-state index in [0.717, 1.165) is 22.7 Å². The summed E-state index contributed by atoms with van der Waals surface area (Å²) < 4.78 is 6.99. The zero-order valence-corrected chi connectivity index (χ0v) is 14.4. The zero-order valence-electron chi connectivity index (χ0n) is 14.4. The molecule has 128 valence electrons. The predicted molar refractivity (Wildman–Crippen MR) is 94.1 cm³/mol. The number of methoxy groups -OCH3 is 1. The van der Waals surface area contributed by atoms with Gasteiger partial charge in [-0.2, -0.15) is 0 Å². The first-order chi connectivity index (χ1) is 12.1. The van der Waals surface area contributed by atoms with E-state index in [1.165, 1.54) is 6.08 Å². The van der Waals surface area contributed by atoms with Crippen LogP contribution in [0.25, 0.3) is 11.9 Å². The number of benzene rings is 1. The molecular weight excluding hydrogens is 318 g/mol. The maximum Gasteiger partial charge on any atom is 0.255 e. The largest absolute Gasteiger partial charge is 0.497 e. The number of rotatable bonds is 5. The minimum atomic E-state index is -0.211. The summed E-state index contributed by atoms with van der Waals surface area (Å²) in [6.45, 7) is 4.14. The van der Waals surface area contributed by atoms with Crippen molar-refractivity contribution in [2.75, 3.05) is 7.11 Å². The van der Waals surface area contributed by atoms with Crippen molar-refractivity contribution in [1.82, 2.24) is 24.9 Å². The number of fused-ring (bicyclic) bond motifs is 1. The lowest BCUT2D eigenvalue weighted by molar-refractivity contribution is -0.116. The molecule has 0 atom stereocenters. The van der Waals surface area contributed by atoms with Crippen molar-refractivity contribution in [2.24, 2.45) is 0 Å². The van der Waals surface area contributed by atoms with Crippen molar-refractivity contribution in [3.8, 4) is 5.75 Å². The molecule has 25 heavy (non-hydrogen) atoms. The van der Waals surface area contributed by atoms with Gasteiger partial charge in [-0.3, -0.25) is 9.20 Å². The van der Waals surface area contributed by atoms with E-state index in [0.29, 0.717) is 11.6 Å². The summed E-state index contributed by atoms with van der Waals surface area (Å²) in [5, 5.41) is 11.0. The summed E-state index contributed by atoms with van der Waals surface area (Å²) in [7, 11) is 1.61. The molecule has 3 rings (SSSR count). The van der Waals surface area contributed by atoms with Crippen LogP contribution in [-0.4, -0.2) is 32.6 Å². The second kappa shape index (κ2) is 7.12. The van der Waals surface area contributed by atoms with E-state index in [-0.39, 0.29) is 12.5 Å². The number of aryl methyl sites for hydroxylation is 2. The molecule has 0 saturated carbocycles. The van der Waals surface area contributed by atoms with E-state index in [2.05, 4.69) is 20.5 Å². The Morgan fingerprint density at radius 2 is 2.12 bits per heavy atom. The van der Waals surface area contributed by atoms with Gasteiger partial charge in [-0.15, -0.1) is 10.2 Å². The van der Waals surface area contributed by atoms with Crippen LogP contribution in [0.1, 0.15) is 22.8 Å². The van der Waals surface area contributed by atoms with Crippen LogP contribution in [0.2, 0.25) is 0 Å². The lowest BCUT2D eigenvalue weighted by Crippen LogP contribution is -2.22. The third-order valence-electron chi connectivity index (χ3n) is 3.70. The molecule has 0 fully saturated rings. The van der Waals surface area contributed by atoms with E-state index in [1.807, 2.05) is 48.6 Å². The molecule has 1 amide bonds. The van der Waals surface area contributed by atoms with E-state index in [9.17, 15) is 4.79 Å². The normalized spacial score (nSPS) is 11.2. The number of carbonyl (C=O) groups is 1. The zero-order chi connectivity index (χ0) is 17.8. The number of carbonyl (C=O) groups excluding carboxylic acids is 1. The number of hydrogen-bond acceptors (Lipinski definition) is 5. The van der Waals surface area contributed by atoms with Gasteiger partial charge in [-0.1, -0.05) is 12.1 Å². The molecule has 0 unspecified atom stereocenters. The topological polar surface area (TPSA) is 81.4 Å². The van der Waals surface area contributed by atoms with E-state index in [1.54, 1.807) is 13.2 Å². The first kappa shape index (κ1) is 16.6. The number of nitrogens with one attached hydrogen (secondary N) is 1. The SMILES string of the molecule is COc1cccc(/C=C/C(=O)NCc2nnc3nc(C)cc(C)n23)c1. The van der Waals surface area contributed by atoms with Crippen molar-refractivity contribution < 1.29 is 9.53 Å². The molecule has 2 heterocycles.